The molecule has 0 spiro atoms. The highest BCUT2D eigenvalue weighted by molar-refractivity contribution is 5.97. The van der Waals surface area contributed by atoms with E-state index in [1.165, 1.54) is 5.56 Å². The van der Waals surface area contributed by atoms with Crippen LogP contribution in [0.5, 0.6) is 11.5 Å². The van der Waals surface area contributed by atoms with E-state index in [0.29, 0.717) is 36.6 Å². The number of benzene rings is 2. The van der Waals surface area contributed by atoms with Crippen LogP contribution in [0, 0.1) is 6.92 Å². The van der Waals surface area contributed by atoms with Crippen molar-refractivity contribution in [1.82, 2.24) is 0 Å². The Labute approximate surface area is 150 Å². The number of carbonyl (C=O) groups excluding carboxylic acids is 1. The van der Waals surface area contributed by atoms with Crippen LogP contribution in [0.25, 0.3) is 0 Å². The molecule has 2 rings (SSSR count). The van der Waals surface area contributed by atoms with Gasteiger partial charge in [0.1, 0.15) is 11.5 Å². The maximum Gasteiger partial charge on any atom is 0.162 e. The molecule has 2 N–H and O–H groups in total. The number of nitrogens with two attached hydrogens (primary N) is 1. The van der Waals surface area contributed by atoms with Gasteiger partial charge in [-0.25, -0.2) is 0 Å². The fourth-order valence-corrected chi connectivity index (χ4v) is 2.44. The Bertz CT molecular complexity index is 680. The summed E-state index contributed by atoms with van der Waals surface area (Å²) in [4.78, 5) is 11.9. The molecule has 0 aromatic heterocycles. The molecule has 0 fully saturated rings. The van der Waals surface area contributed by atoms with E-state index in [1.54, 1.807) is 18.2 Å². The summed E-state index contributed by atoms with van der Waals surface area (Å²) >= 11 is 0. The summed E-state index contributed by atoms with van der Waals surface area (Å²) in [6, 6.07) is 13.3. The van der Waals surface area contributed by atoms with E-state index in [1.807, 2.05) is 31.2 Å². The van der Waals surface area contributed by atoms with Crippen molar-refractivity contribution in [3.8, 4) is 11.5 Å². The van der Waals surface area contributed by atoms with Crippen molar-refractivity contribution in [2.45, 2.75) is 39.5 Å². The fourth-order valence-electron chi connectivity index (χ4n) is 2.44. The minimum absolute atomic E-state index is 0.119. The number of Topliss-reactive ketones (excluding diaryl/α,β-unsaturated/α-hetero) is 1. The quantitative estimate of drug-likeness (QED) is 0.383. The predicted molar refractivity (Wildman–Crippen MR) is 101 cm³/mol. The lowest BCUT2D eigenvalue weighted by molar-refractivity contribution is 0.0981. The second kappa shape index (κ2) is 9.72. The zero-order valence-electron chi connectivity index (χ0n) is 15.1. The molecule has 0 aliphatic carbocycles. The van der Waals surface area contributed by atoms with Gasteiger partial charge in [-0.05, 0) is 56.5 Å². The number of aryl methyl sites for hydroxylation is 1. The predicted octanol–water partition coefficient (Wildman–Crippen LogP) is 4.80. The summed E-state index contributed by atoms with van der Waals surface area (Å²) in [5.74, 6) is 1.64. The Balaban J connectivity index is 1.69. The molecule has 0 bridgehead atoms. The number of carbonyl (C=O) groups is 1. The van der Waals surface area contributed by atoms with Gasteiger partial charge < -0.3 is 15.2 Å². The van der Waals surface area contributed by atoms with E-state index < -0.39 is 0 Å². The number of ether oxygens (including phenoxy) is 2. The summed E-state index contributed by atoms with van der Waals surface area (Å²) in [7, 11) is 0. The molecule has 4 heteroatoms. The average Bonchev–Trinajstić information content (AvgIpc) is 2.60. The molecule has 0 atom stereocenters. The van der Waals surface area contributed by atoms with E-state index in [9.17, 15) is 4.79 Å². The maximum atomic E-state index is 11.9. The van der Waals surface area contributed by atoms with Gasteiger partial charge in [-0.1, -0.05) is 24.6 Å². The number of hydrogen-bond acceptors (Lipinski definition) is 4. The first-order valence-corrected chi connectivity index (χ1v) is 8.85. The van der Waals surface area contributed by atoms with Gasteiger partial charge >= 0.3 is 0 Å². The number of hydrogen-bond donors (Lipinski definition) is 1. The van der Waals surface area contributed by atoms with Gasteiger partial charge in [0.15, 0.2) is 5.78 Å². The minimum atomic E-state index is 0.119. The van der Waals surface area contributed by atoms with Gasteiger partial charge in [0, 0.05) is 12.0 Å². The van der Waals surface area contributed by atoms with Crippen LogP contribution in [0.1, 0.15) is 48.5 Å². The third-order valence-electron chi connectivity index (χ3n) is 3.89. The largest absolute Gasteiger partial charge is 0.494 e. The van der Waals surface area contributed by atoms with Crippen LogP contribution in [0.4, 0.5) is 5.69 Å². The zero-order valence-corrected chi connectivity index (χ0v) is 15.1. The lowest BCUT2D eigenvalue weighted by Gasteiger charge is -2.10. The third kappa shape index (κ3) is 6.14. The molecule has 2 aromatic rings. The summed E-state index contributed by atoms with van der Waals surface area (Å²) < 4.78 is 11.4. The Morgan fingerprint density at radius 1 is 1.00 bits per heavy atom. The Kier molecular flexibility index (Phi) is 7.33. The van der Waals surface area contributed by atoms with Crippen molar-refractivity contribution in [3.63, 3.8) is 0 Å². The van der Waals surface area contributed by atoms with Crippen LogP contribution in [-0.2, 0) is 0 Å². The first kappa shape index (κ1) is 18.8. The first-order chi connectivity index (χ1) is 12.1. The van der Waals surface area contributed by atoms with E-state index in [2.05, 4.69) is 6.92 Å². The number of anilines is 1. The molecule has 0 saturated carbocycles. The Morgan fingerprint density at radius 3 is 2.32 bits per heavy atom. The van der Waals surface area contributed by atoms with Gasteiger partial charge in [-0.15, -0.1) is 0 Å². The monoisotopic (exact) mass is 341 g/mol. The average molecular weight is 341 g/mol. The Hall–Kier alpha value is -2.49. The maximum absolute atomic E-state index is 11.9. The molecule has 0 radical (unpaired) electrons. The van der Waals surface area contributed by atoms with Crippen LogP contribution in [0.3, 0.4) is 0 Å². The number of ketones is 1. The lowest BCUT2D eigenvalue weighted by atomic mass is 10.1. The second-order valence-electron chi connectivity index (χ2n) is 6.14. The second-order valence-corrected chi connectivity index (χ2v) is 6.14. The van der Waals surface area contributed by atoms with Gasteiger partial charge in [-0.2, -0.15) is 0 Å². The molecular weight excluding hydrogens is 314 g/mol. The zero-order chi connectivity index (χ0) is 18.1. The highest BCUT2D eigenvalue weighted by Gasteiger charge is 2.08. The molecule has 25 heavy (non-hydrogen) atoms. The van der Waals surface area contributed by atoms with Crippen LogP contribution >= 0.6 is 0 Å². The van der Waals surface area contributed by atoms with Crippen molar-refractivity contribution in [2.75, 3.05) is 18.9 Å². The van der Waals surface area contributed by atoms with Crippen LogP contribution < -0.4 is 15.2 Å². The first-order valence-electron chi connectivity index (χ1n) is 8.85. The van der Waals surface area contributed by atoms with Crippen molar-refractivity contribution < 1.29 is 14.3 Å². The van der Waals surface area contributed by atoms with E-state index >= 15 is 0 Å². The summed E-state index contributed by atoms with van der Waals surface area (Å²) in [6.45, 7) is 5.27. The van der Waals surface area contributed by atoms with Gasteiger partial charge in [0.05, 0.1) is 18.9 Å². The molecule has 0 amide bonds. The summed E-state index contributed by atoms with van der Waals surface area (Å²) in [5.41, 5.74) is 8.37. The van der Waals surface area contributed by atoms with Gasteiger partial charge in [0.2, 0.25) is 0 Å². The molecule has 0 saturated heterocycles. The van der Waals surface area contributed by atoms with Crippen LogP contribution in [0.2, 0.25) is 0 Å². The molecule has 0 aliphatic heterocycles. The smallest absolute Gasteiger partial charge is 0.162 e. The highest BCUT2D eigenvalue weighted by atomic mass is 16.5. The van der Waals surface area contributed by atoms with E-state index in [-0.39, 0.29) is 5.78 Å². The molecule has 0 aliphatic rings. The number of unbranched alkanes of at least 4 members (excludes halogenated alkanes) is 1. The lowest BCUT2D eigenvalue weighted by Crippen LogP contribution is -2.05. The Morgan fingerprint density at radius 2 is 1.68 bits per heavy atom. The molecule has 4 nitrogen and oxygen atoms in total. The van der Waals surface area contributed by atoms with Crippen LogP contribution in [-0.4, -0.2) is 19.0 Å². The molecule has 2 aromatic carbocycles. The van der Waals surface area contributed by atoms with Crippen molar-refractivity contribution in [1.29, 1.82) is 0 Å². The van der Waals surface area contributed by atoms with Gasteiger partial charge in [0.25, 0.3) is 0 Å². The van der Waals surface area contributed by atoms with Crippen molar-refractivity contribution >= 4 is 11.5 Å². The van der Waals surface area contributed by atoms with Crippen LogP contribution in [0.15, 0.2) is 42.5 Å². The van der Waals surface area contributed by atoms with E-state index in [0.717, 1.165) is 25.0 Å². The molecule has 0 heterocycles. The molecule has 134 valence electrons. The van der Waals surface area contributed by atoms with Crippen molar-refractivity contribution in [2.24, 2.45) is 0 Å². The fraction of sp³-hybridized carbons (Fsp3) is 0.381. The standard InChI is InChI=1S/C21H27NO3/c1-3-6-20(23)17-9-12-21(19(22)15-17)25-14-5-4-13-24-18-10-7-16(2)8-11-18/h7-12,15H,3-6,13-14,22H2,1-2H3. The molecule has 0 unspecified atom stereocenters. The van der Waals surface area contributed by atoms with Crippen molar-refractivity contribution in [3.05, 3.63) is 53.6 Å². The number of rotatable bonds is 10. The third-order valence-corrected chi connectivity index (χ3v) is 3.89. The highest BCUT2D eigenvalue weighted by Crippen LogP contribution is 2.23. The SMILES string of the molecule is CCCC(=O)c1ccc(OCCCCOc2ccc(C)cc2)c(N)c1. The minimum Gasteiger partial charge on any atom is -0.494 e. The number of nitrogen functional groups attached to an aromatic ring is 1. The van der Waals surface area contributed by atoms with Gasteiger partial charge in [-0.3, -0.25) is 4.79 Å². The summed E-state index contributed by atoms with van der Waals surface area (Å²) in [5, 5.41) is 0. The topological polar surface area (TPSA) is 61.5 Å². The molecular formula is C21H27NO3. The normalized spacial score (nSPS) is 10.5. The summed E-state index contributed by atoms with van der Waals surface area (Å²) in [6.07, 6.45) is 3.16. The van der Waals surface area contributed by atoms with E-state index in [4.69, 9.17) is 15.2 Å².